The van der Waals surface area contributed by atoms with Gasteiger partial charge in [-0.3, -0.25) is 4.79 Å². The molecule has 1 atom stereocenters. The van der Waals surface area contributed by atoms with Gasteiger partial charge in [-0.05, 0) is 29.7 Å². The lowest BCUT2D eigenvalue weighted by molar-refractivity contribution is -0.131. The Hall–Kier alpha value is -2.20. The molecule has 0 aliphatic rings. The molecule has 1 amide bonds. The van der Waals surface area contributed by atoms with Gasteiger partial charge in [-0.15, -0.1) is 0 Å². The molecule has 2 N–H and O–H groups in total. The first-order valence-electron chi connectivity index (χ1n) is 6.85. The van der Waals surface area contributed by atoms with Gasteiger partial charge in [0.2, 0.25) is 5.91 Å². The van der Waals surface area contributed by atoms with Crippen LogP contribution in [0.15, 0.2) is 54.6 Å². The van der Waals surface area contributed by atoms with E-state index in [1.807, 2.05) is 30.3 Å². The molecule has 2 aromatic carbocycles. The van der Waals surface area contributed by atoms with Crippen LogP contribution in [0.5, 0.6) is 0 Å². The monoisotopic (exact) mass is 286 g/mol. The van der Waals surface area contributed by atoms with Crippen molar-refractivity contribution in [2.45, 2.75) is 19.0 Å². The van der Waals surface area contributed by atoms with Crippen LogP contribution in [0.4, 0.5) is 4.39 Å². The lowest BCUT2D eigenvalue weighted by Gasteiger charge is -2.21. The average Bonchev–Trinajstić information content (AvgIpc) is 2.47. The van der Waals surface area contributed by atoms with Crippen LogP contribution in [0, 0.1) is 5.82 Å². The molecule has 0 radical (unpaired) electrons. The highest BCUT2D eigenvalue weighted by molar-refractivity contribution is 5.81. The second-order valence-electron chi connectivity index (χ2n) is 5.12. The molecule has 1 unspecified atom stereocenters. The second-order valence-corrected chi connectivity index (χ2v) is 5.12. The number of halogens is 1. The number of amides is 1. The highest BCUT2D eigenvalue weighted by atomic mass is 19.1. The molecular formula is C17H19FN2O. The summed E-state index contributed by atoms with van der Waals surface area (Å²) in [6.45, 7) is 0.346. The number of nitrogens with zero attached hydrogens (tertiary/aromatic N) is 1. The van der Waals surface area contributed by atoms with Crippen molar-refractivity contribution >= 4 is 5.91 Å². The Morgan fingerprint density at radius 3 is 2.48 bits per heavy atom. The Kier molecular flexibility index (Phi) is 5.06. The fourth-order valence-corrected chi connectivity index (χ4v) is 2.23. The molecular weight excluding hydrogens is 267 g/mol. The van der Waals surface area contributed by atoms with Crippen molar-refractivity contribution in [3.63, 3.8) is 0 Å². The van der Waals surface area contributed by atoms with Gasteiger partial charge >= 0.3 is 0 Å². The summed E-state index contributed by atoms with van der Waals surface area (Å²) in [5.74, 6) is -0.454. The standard InChI is InChI=1S/C17H19FN2O/c1-20(12-14-8-5-9-15(18)10-14)17(21)16(19)11-13-6-3-2-4-7-13/h2-10,16H,11-12,19H2,1H3. The van der Waals surface area contributed by atoms with Crippen molar-refractivity contribution in [3.05, 3.63) is 71.5 Å². The first-order valence-corrected chi connectivity index (χ1v) is 6.85. The molecule has 0 saturated heterocycles. The van der Waals surface area contributed by atoms with Gasteiger partial charge in [0.05, 0.1) is 6.04 Å². The van der Waals surface area contributed by atoms with E-state index < -0.39 is 6.04 Å². The second kappa shape index (κ2) is 6.99. The number of carbonyl (C=O) groups excluding carboxylic acids is 1. The molecule has 2 aromatic rings. The van der Waals surface area contributed by atoms with Crippen LogP contribution in [-0.4, -0.2) is 23.9 Å². The van der Waals surface area contributed by atoms with Crippen molar-refractivity contribution in [2.75, 3.05) is 7.05 Å². The van der Waals surface area contributed by atoms with Gasteiger partial charge in [0.25, 0.3) is 0 Å². The summed E-state index contributed by atoms with van der Waals surface area (Å²) in [7, 11) is 1.68. The highest BCUT2D eigenvalue weighted by Gasteiger charge is 2.18. The fraction of sp³-hybridized carbons (Fsp3) is 0.235. The van der Waals surface area contributed by atoms with Gasteiger partial charge in [0.1, 0.15) is 5.82 Å². The lowest BCUT2D eigenvalue weighted by atomic mass is 10.1. The molecule has 0 saturated carbocycles. The van der Waals surface area contributed by atoms with Crippen molar-refractivity contribution < 1.29 is 9.18 Å². The Balaban J connectivity index is 1.95. The highest BCUT2D eigenvalue weighted by Crippen LogP contribution is 2.09. The number of hydrogen-bond donors (Lipinski definition) is 1. The molecule has 3 nitrogen and oxygen atoms in total. The zero-order chi connectivity index (χ0) is 15.2. The number of benzene rings is 2. The van der Waals surface area contributed by atoms with Crippen LogP contribution in [0.3, 0.4) is 0 Å². The maximum absolute atomic E-state index is 13.1. The fourth-order valence-electron chi connectivity index (χ4n) is 2.23. The Morgan fingerprint density at radius 2 is 1.81 bits per heavy atom. The Bertz CT molecular complexity index is 601. The molecule has 2 rings (SSSR count). The van der Waals surface area contributed by atoms with E-state index in [2.05, 4.69) is 0 Å². The summed E-state index contributed by atoms with van der Waals surface area (Å²) in [5, 5.41) is 0. The van der Waals surface area contributed by atoms with Crippen molar-refractivity contribution in [3.8, 4) is 0 Å². The SMILES string of the molecule is CN(Cc1cccc(F)c1)C(=O)C(N)Cc1ccccc1. The van der Waals surface area contributed by atoms with E-state index in [1.165, 1.54) is 17.0 Å². The molecule has 21 heavy (non-hydrogen) atoms. The molecule has 110 valence electrons. The van der Waals surface area contributed by atoms with Gasteiger partial charge < -0.3 is 10.6 Å². The normalized spacial score (nSPS) is 12.0. The van der Waals surface area contributed by atoms with E-state index in [4.69, 9.17) is 5.73 Å². The maximum Gasteiger partial charge on any atom is 0.239 e. The summed E-state index contributed by atoms with van der Waals surface area (Å²) in [6.07, 6.45) is 0.493. The van der Waals surface area contributed by atoms with Crippen molar-refractivity contribution in [1.82, 2.24) is 4.90 Å². The minimum absolute atomic E-state index is 0.150. The van der Waals surface area contributed by atoms with Crippen LogP contribution >= 0.6 is 0 Å². The van der Waals surface area contributed by atoms with Crippen LogP contribution in [-0.2, 0) is 17.8 Å². The average molecular weight is 286 g/mol. The third kappa shape index (κ3) is 4.39. The van der Waals surface area contributed by atoms with Crippen molar-refractivity contribution in [1.29, 1.82) is 0 Å². The number of hydrogen-bond acceptors (Lipinski definition) is 2. The summed E-state index contributed by atoms with van der Waals surface area (Å²) in [4.78, 5) is 13.8. The number of rotatable bonds is 5. The van der Waals surface area contributed by atoms with Crippen LogP contribution in [0.1, 0.15) is 11.1 Å². The number of nitrogens with two attached hydrogens (primary N) is 1. The third-order valence-corrected chi connectivity index (χ3v) is 3.30. The van der Waals surface area contributed by atoms with Crippen LogP contribution < -0.4 is 5.73 Å². The Morgan fingerprint density at radius 1 is 1.14 bits per heavy atom. The first kappa shape index (κ1) is 15.2. The van der Waals surface area contributed by atoms with Gasteiger partial charge in [0, 0.05) is 13.6 Å². The van der Waals surface area contributed by atoms with E-state index >= 15 is 0 Å². The quantitative estimate of drug-likeness (QED) is 0.917. The first-order chi connectivity index (χ1) is 10.1. The maximum atomic E-state index is 13.1. The Labute approximate surface area is 124 Å². The summed E-state index contributed by atoms with van der Waals surface area (Å²) < 4.78 is 13.1. The minimum Gasteiger partial charge on any atom is -0.340 e. The van der Waals surface area contributed by atoms with E-state index in [9.17, 15) is 9.18 Å². The molecule has 0 aliphatic carbocycles. The third-order valence-electron chi connectivity index (χ3n) is 3.30. The van der Waals surface area contributed by atoms with Gasteiger partial charge in [-0.2, -0.15) is 0 Å². The molecule has 0 aliphatic heterocycles. The molecule has 0 fully saturated rings. The molecule has 0 spiro atoms. The van der Waals surface area contributed by atoms with Gasteiger partial charge in [-0.25, -0.2) is 4.39 Å². The minimum atomic E-state index is -0.592. The van der Waals surface area contributed by atoms with Gasteiger partial charge in [0.15, 0.2) is 0 Å². The van der Waals surface area contributed by atoms with E-state index in [0.29, 0.717) is 13.0 Å². The van der Waals surface area contributed by atoms with Crippen LogP contribution in [0.25, 0.3) is 0 Å². The largest absolute Gasteiger partial charge is 0.340 e. The van der Waals surface area contributed by atoms with Crippen molar-refractivity contribution in [2.24, 2.45) is 5.73 Å². The zero-order valence-corrected chi connectivity index (χ0v) is 12.0. The summed E-state index contributed by atoms with van der Waals surface area (Å²) in [5.41, 5.74) is 7.74. The number of likely N-dealkylation sites (N-methyl/N-ethyl adjacent to an activating group) is 1. The lowest BCUT2D eigenvalue weighted by Crippen LogP contribution is -2.42. The topological polar surface area (TPSA) is 46.3 Å². The van der Waals surface area contributed by atoms with Gasteiger partial charge in [-0.1, -0.05) is 42.5 Å². The molecule has 4 heteroatoms. The summed E-state index contributed by atoms with van der Waals surface area (Å²) >= 11 is 0. The molecule has 0 bridgehead atoms. The predicted octanol–water partition coefficient (Wildman–Crippen LogP) is 2.35. The number of carbonyl (C=O) groups is 1. The van der Waals surface area contributed by atoms with Crippen LogP contribution in [0.2, 0.25) is 0 Å². The zero-order valence-electron chi connectivity index (χ0n) is 12.0. The van der Waals surface area contributed by atoms with E-state index in [-0.39, 0.29) is 11.7 Å². The van der Waals surface area contributed by atoms with E-state index in [0.717, 1.165) is 11.1 Å². The van der Waals surface area contributed by atoms with E-state index in [1.54, 1.807) is 19.2 Å². The smallest absolute Gasteiger partial charge is 0.239 e. The molecule has 0 heterocycles. The predicted molar refractivity (Wildman–Crippen MR) is 81.0 cm³/mol. The molecule has 0 aromatic heterocycles. The summed E-state index contributed by atoms with van der Waals surface area (Å²) in [6, 6.07) is 15.3.